The van der Waals surface area contributed by atoms with Crippen LogP contribution in [0.25, 0.3) is 21.0 Å². The lowest BCUT2D eigenvalue weighted by molar-refractivity contribution is 1.04. The van der Waals surface area contributed by atoms with Crippen LogP contribution in [0.15, 0.2) is 23.7 Å². The Labute approximate surface area is 99.8 Å². The molecule has 0 fully saturated rings. The zero-order chi connectivity index (χ0) is 11.0. The third-order valence-electron chi connectivity index (χ3n) is 2.11. The second kappa shape index (κ2) is 3.89. The van der Waals surface area contributed by atoms with E-state index >= 15 is 0 Å². The fourth-order valence-corrected chi connectivity index (χ4v) is 2.98. The molecule has 6 heteroatoms. The molecule has 0 atom stereocenters. The fourth-order valence-electron chi connectivity index (χ4n) is 1.38. The van der Waals surface area contributed by atoms with Crippen LogP contribution in [-0.2, 0) is 6.54 Å². The van der Waals surface area contributed by atoms with Gasteiger partial charge in [0.05, 0.1) is 0 Å². The number of hydrogen-bond donors (Lipinski definition) is 1. The zero-order valence-corrected chi connectivity index (χ0v) is 9.88. The quantitative estimate of drug-likeness (QED) is 0.755. The monoisotopic (exact) mass is 248 g/mol. The molecular formula is C10H8N4S2. The highest BCUT2D eigenvalue weighted by molar-refractivity contribution is 7.21. The Morgan fingerprint density at radius 3 is 3.00 bits per heavy atom. The summed E-state index contributed by atoms with van der Waals surface area (Å²) in [4.78, 5) is 14.1. The van der Waals surface area contributed by atoms with Crippen molar-refractivity contribution >= 4 is 33.0 Å². The molecule has 4 nitrogen and oxygen atoms in total. The van der Waals surface area contributed by atoms with Crippen molar-refractivity contribution in [3.63, 3.8) is 0 Å². The van der Waals surface area contributed by atoms with Crippen molar-refractivity contribution < 1.29 is 0 Å². The third-order valence-corrected chi connectivity index (χ3v) is 3.98. The lowest BCUT2D eigenvalue weighted by Gasteiger charge is -1.85. The maximum absolute atomic E-state index is 5.53. The number of pyridine rings is 1. The maximum Gasteiger partial charge on any atom is 0.145 e. The van der Waals surface area contributed by atoms with Crippen LogP contribution >= 0.6 is 22.7 Å². The molecule has 0 unspecified atom stereocenters. The third kappa shape index (κ3) is 1.60. The maximum atomic E-state index is 5.53. The lowest BCUT2D eigenvalue weighted by atomic mass is 10.4. The van der Waals surface area contributed by atoms with E-state index in [2.05, 4.69) is 15.0 Å². The highest BCUT2D eigenvalue weighted by atomic mass is 32.1. The van der Waals surface area contributed by atoms with Crippen molar-refractivity contribution in [2.24, 2.45) is 5.73 Å². The first-order valence-corrected chi connectivity index (χ1v) is 6.43. The van der Waals surface area contributed by atoms with Gasteiger partial charge in [-0.1, -0.05) is 11.3 Å². The molecule has 16 heavy (non-hydrogen) atoms. The Hall–Kier alpha value is -1.37. The zero-order valence-electron chi connectivity index (χ0n) is 8.25. The van der Waals surface area contributed by atoms with Crippen LogP contribution in [0.5, 0.6) is 0 Å². The van der Waals surface area contributed by atoms with Crippen molar-refractivity contribution in [1.82, 2.24) is 15.0 Å². The summed E-state index contributed by atoms with van der Waals surface area (Å²) in [5, 5.41) is 3.83. The summed E-state index contributed by atoms with van der Waals surface area (Å²) in [5.41, 5.74) is 7.35. The molecule has 0 aromatic carbocycles. The normalized spacial score (nSPS) is 11.1. The van der Waals surface area contributed by atoms with Gasteiger partial charge in [0.15, 0.2) is 0 Å². The van der Waals surface area contributed by atoms with Crippen LogP contribution in [0.3, 0.4) is 0 Å². The average Bonchev–Trinajstić information content (AvgIpc) is 2.95. The summed E-state index contributed by atoms with van der Waals surface area (Å²) >= 11 is 3.12. The first kappa shape index (κ1) is 9.83. The Bertz CT molecular complexity index is 595. The Morgan fingerprint density at radius 2 is 2.25 bits per heavy atom. The van der Waals surface area contributed by atoms with E-state index in [1.54, 1.807) is 28.9 Å². The van der Waals surface area contributed by atoms with Gasteiger partial charge in [0.1, 0.15) is 26.1 Å². The number of thiazole rings is 2. The van der Waals surface area contributed by atoms with Crippen LogP contribution in [0.1, 0.15) is 5.01 Å². The number of fused-ring (bicyclic) bond motifs is 1. The van der Waals surface area contributed by atoms with E-state index < -0.39 is 0 Å². The number of aromatic nitrogens is 3. The van der Waals surface area contributed by atoms with Gasteiger partial charge < -0.3 is 5.73 Å². The minimum absolute atomic E-state index is 0.480. The summed E-state index contributed by atoms with van der Waals surface area (Å²) in [5.74, 6) is 0. The van der Waals surface area contributed by atoms with E-state index in [1.807, 2.05) is 17.5 Å². The van der Waals surface area contributed by atoms with Crippen molar-refractivity contribution in [3.8, 4) is 10.7 Å². The highest BCUT2D eigenvalue weighted by Crippen LogP contribution is 2.29. The largest absolute Gasteiger partial charge is 0.325 e. The number of nitrogens with zero attached hydrogens (tertiary/aromatic N) is 3. The van der Waals surface area contributed by atoms with E-state index in [4.69, 9.17) is 5.73 Å². The smallest absolute Gasteiger partial charge is 0.145 e. The molecule has 0 saturated carbocycles. The van der Waals surface area contributed by atoms with Crippen molar-refractivity contribution in [3.05, 3.63) is 28.7 Å². The molecule has 3 aromatic rings. The van der Waals surface area contributed by atoms with Gasteiger partial charge in [0, 0.05) is 18.1 Å². The molecule has 0 aliphatic carbocycles. The first-order chi connectivity index (χ1) is 7.86. The second-order valence-electron chi connectivity index (χ2n) is 3.18. The molecule has 80 valence electrons. The number of nitrogens with two attached hydrogens (primary N) is 1. The highest BCUT2D eigenvalue weighted by Gasteiger charge is 2.09. The van der Waals surface area contributed by atoms with Crippen LogP contribution in [0.2, 0.25) is 0 Å². The standard InChI is InChI=1S/C10H8N4S2/c11-4-8-13-7(5-15-8)10-14-6-2-1-3-12-9(6)16-10/h1-3,5H,4,11H2. The van der Waals surface area contributed by atoms with Crippen molar-refractivity contribution in [2.45, 2.75) is 6.54 Å². The van der Waals surface area contributed by atoms with Gasteiger partial charge in [0.2, 0.25) is 0 Å². The molecule has 2 N–H and O–H groups in total. The molecule has 0 spiro atoms. The number of hydrogen-bond acceptors (Lipinski definition) is 6. The summed E-state index contributed by atoms with van der Waals surface area (Å²) in [6, 6.07) is 3.84. The summed E-state index contributed by atoms with van der Waals surface area (Å²) in [6.07, 6.45) is 1.77. The molecule has 3 heterocycles. The molecule has 3 rings (SSSR count). The second-order valence-corrected chi connectivity index (χ2v) is 5.10. The topological polar surface area (TPSA) is 64.7 Å². The van der Waals surface area contributed by atoms with E-state index in [0.29, 0.717) is 6.54 Å². The van der Waals surface area contributed by atoms with Gasteiger partial charge >= 0.3 is 0 Å². The van der Waals surface area contributed by atoms with Gasteiger partial charge in [-0.25, -0.2) is 15.0 Å². The molecule has 0 aliphatic rings. The fraction of sp³-hybridized carbons (Fsp3) is 0.100. The van der Waals surface area contributed by atoms with Crippen LogP contribution in [-0.4, -0.2) is 15.0 Å². The molecule has 0 bridgehead atoms. The summed E-state index contributed by atoms with van der Waals surface area (Å²) < 4.78 is 0. The van der Waals surface area contributed by atoms with Gasteiger partial charge in [-0.15, -0.1) is 11.3 Å². The minimum Gasteiger partial charge on any atom is -0.325 e. The summed E-state index contributed by atoms with van der Waals surface area (Å²) in [6.45, 7) is 0.480. The molecule has 0 saturated heterocycles. The SMILES string of the molecule is NCc1nc(-c2nc3cccnc3s2)cs1. The lowest BCUT2D eigenvalue weighted by Crippen LogP contribution is -1.94. The van der Waals surface area contributed by atoms with Gasteiger partial charge in [-0.2, -0.15) is 0 Å². The predicted molar refractivity (Wildman–Crippen MR) is 66.4 cm³/mol. The summed E-state index contributed by atoms with van der Waals surface area (Å²) in [7, 11) is 0. The van der Waals surface area contributed by atoms with E-state index in [-0.39, 0.29) is 0 Å². The van der Waals surface area contributed by atoms with Crippen LogP contribution < -0.4 is 5.73 Å². The van der Waals surface area contributed by atoms with E-state index in [9.17, 15) is 0 Å². The Morgan fingerprint density at radius 1 is 1.31 bits per heavy atom. The van der Waals surface area contributed by atoms with Gasteiger partial charge in [0.25, 0.3) is 0 Å². The molecule has 0 aliphatic heterocycles. The minimum atomic E-state index is 0.480. The Balaban J connectivity index is 2.11. The predicted octanol–water partition coefficient (Wildman–Crippen LogP) is 2.27. The molecule has 0 amide bonds. The number of rotatable bonds is 2. The van der Waals surface area contributed by atoms with E-state index in [1.165, 1.54) is 0 Å². The van der Waals surface area contributed by atoms with Gasteiger partial charge in [-0.05, 0) is 12.1 Å². The van der Waals surface area contributed by atoms with Crippen molar-refractivity contribution in [2.75, 3.05) is 0 Å². The average molecular weight is 248 g/mol. The first-order valence-electron chi connectivity index (χ1n) is 4.73. The van der Waals surface area contributed by atoms with Crippen LogP contribution in [0, 0.1) is 0 Å². The van der Waals surface area contributed by atoms with E-state index in [0.717, 1.165) is 26.1 Å². The molecular weight excluding hydrogens is 240 g/mol. The van der Waals surface area contributed by atoms with Gasteiger partial charge in [-0.3, -0.25) is 0 Å². The Kier molecular flexibility index (Phi) is 2.39. The molecule has 3 aromatic heterocycles. The van der Waals surface area contributed by atoms with Crippen LogP contribution in [0.4, 0.5) is 0 Å². The molecule has 0 radical (unpaired) electrons. The van der Waals surface area contributed by atoms with Crippen molar-refractivity contribution in [1.29, 1.82) is 0 Å².